The second-order valence-electron chi connectivity index (χ2n) is 6.01. The lowest BCUT2D eigenvalue weighted by Crippen LogP contribution is -2.42. The Morgan fingerprint density at radius 1 is 1.41 bits per heavy atom. The lowest BCUT2D eigenvalue weighted by atomic mass is 9.91. The fraction of sp³-hybridized carbons (Fsp3) is 1.00. The first kappa shape index (κ1) is 14.9. The number of nitrogens with one attached hydrogen (secondary N) is 1. The predicted octanol–water partition coefficient (Wildman–Crippen LogP) is 1.07. The highest BCUT2D eigenvalue weighted by atomic mass is 32.2. The normalized spacial score (nSPS) is 26.0. The second kappa shape index (κ2) is 5.67. The number of methoxy groups -OCH3 is 1. The van der Waals surface area contributed by atoms with Crippen molar-refractivity contribution >= 4 is 9.84 Å². The van der Waals surface area contributed by atoms with Gasteiger partial charge in [0.2, 0.25) is 0 Å². The zero-order valence-electron chi connectivity index (χ0n) is 11.3. The first-order chi connectivity index (χ1) is 7.73. The van der Waals surface area contributed by atoms with Gasteiger partial charge < -0.3 is 10.1 Å². The van der Waals surface area contributed by atoms with Crippen molar-refractivity contribution in [2.75, 3.05) is 31.8 Å². The van der Waals surface area contributed by atoms with E-state index in [0.717, 1.165) is 13.0 Å². The van der Waals surface area contributed by atoms with E-state index >= 15 is 0 Å². The molecule has 0 aromatic heterocycles. The molecule has 2 unspecified atom stereocenters. The Kier molecular flexibility index (Phi) is 4.98. The Morgan fingerprint density at radius 3 is 2.47 bits per heavy atom. The standard InChI is InChI=1S/C12H25NO3S/c1-12(2,3)13-7-11(8-16-4)10-5-6-17(14,15)9-10/h10-11,13H,5-9H2,1-4H3. The van der Waals surface area contributed by atoms with E-state index < -0.39 is 9.84 Å². The van der Waals surface area contributed by atoms with Gasteiger partial charge in [0.25, 0.3) is 0 Å². The zero-order valence-corrected chi connectivity index (χ0v) is 12.1. The summed E-state index contributed by atoms with van der Waals surface area (Å²) < 4.78 is 28.2. The van der Waals surface area contributed by atoms with Gasteiger partial charge >= 0.3 is 0 Å². The van der Waals surface area contributed by atoms with E-state index in [9.17, 15) is 8.42 Å². The first-order valence-corrected chi connectivity index (χ1v) is 8.00. The van der Waals surface area contributed by atoms with Gasteiger partial charge in [-0.15, -0.1) is 0 Å². The summed E-state index contributed by atoms with van der Waals surface area (Å²) in [5.41, 5.74) is 0.0590. The van der Waals surface area contributed by atoms with E-state index in [0.29, 0.717) is 18.1 Å². The van der Waals surface area contributed by atoms with E-state index in [1.807, 2.05) is 0 Å². The Hall–Kier alpha value is -0.130. The molecule has 0 aromatic rings. The number of hydrogen-bond donors (Lipinski definition) is 1. The molecule has 1 aliphatic heterocycles. The summed E-state index contributed by atoms with van der Waals surface area (Å²) in [4.78, 5) is 0. The summed E-state index contributed by atoms with van der Waals surface area (Å²) in [6, 6.07) is 0. The molecule has 2 atom stereocenters. The van der Waals surface area contributed by atoms with Crippen LogP contribution in [0.2, 0.25) is 0 Å². The molecule has 0 radical (unpaired) electrons. The van der Waals surface area contributed by atoms with Gasteiger partial charge in [0.1, 0.15) is 0 Å². The minimum atomic E-state index is -2.80. The lowest BCUT2D eigenvalue weighted by Gasteiger charge is -2.27. The van der Waals surface area contributed by atoms with Crippen molar-refractivity contribution in [2.45, 2.75) is 32.7 Å². The summed E-state index contributed by atoms with van der Waals surface area (Å²) in [5, 5.41) is 3.44. The van der Waals surface area contributed by atoms with Crippen LogP contribution >= 0.6 is 0 Å². The van der Waals surface area contributed by atoms with Crippen LogP contribution in [0.15, 0.2) is 0 Å². The average molecular weight is 263 g/mol. The zero-order chi connectivity index (χ0) is 13.1. The van der Waals surface area contributed by atoms with Gasteiger partial charge in [-0.3, -0.25) is 0 Å². The molecule has 1 heterocycles. The van der Waals surface area contributed by atoms with Crippen molar-refractivity contribution in [2.24, 2.45) is 11.8 Å². The highest BCUT2D eigenvalue weighted by molar-refractivity contribution is 7.91. The van der Waals surface area contributed by atoms with E-state index in [1.54, 1.807) is 7.11 Å². The van der Waals surface area contributed by atoms with Gasteiger partial charge in [0.05, 0.1) is 18.1 Å². The molecule has 0 aromatic carbocycles. The summed E-state index contributed by atoms with van der Waals surface area (Å²) >= 11 is 0. The van der Waals surface area contributed by atoms with Crippen LogP contribution in [0.25, 0.3) is 0 Å². The average Bonchev–Trinajstić information content (AvgIpc) is 2.52. The van der Waals surface area contributed by atoms with Crippen LogP contribution in [0.4, 0.5) is 0 Å². The fourth-order valence-electron chi connectivity index (χ4n) is 2.21. The molecule has 0 amide bonds. The van der Waals surface area contributed by atoms with Crippen LogP contribution in [0.1, 0.15) is 27.2 Å². The topological polar surface area (TPSA) is 55.4 Å². The molecule has 1 fully saturated rings. The monoisotopic (exact) mass is 263 g/mol. The van der Waals surface area contributed by atoms with Crippen LogP contribution < -0.4 is 5.32 Å². The summed E-state index contributed by atoms with van der Waals surface area (Å²) in [6.45, 7) is 7.79. The molecular weight excluding hydrogens is 238 g/mol. The van der Waals surface area contributed by atoms with E-state index in [4.69, 9.17) is 4.74 Å². The maximum Gasteiger partial charge on any atom is 0.150 e. The third kappa shape index (κ3) is 5.36. The Balaban J connectivity index is 2.54. The lowest BCUT2D eigenvalue weighted by molar-refractivity contribution is 0.120. The van der Waals surface area contributed by atoms with E-state index in [2.05, 4.69) is 26.1 Å². The molecule has 0 bridgehead atoms. The number of ether oxygens (including phenoxy) is 1. The van der Waals surface area contributed by atoms with Crippen LogP contribution in [-0.4, -0.2) is 45.7 Å². The van der Waals surface area contributed by atoms with Crippen molar-refractivity contribution in [1.29, 1.82) is 0 Å². The van der Waals surface area contributed by atoms with Crippen molar-refractivity contribution in [3.63, 3.8) is 0 Å². The highest BCUT2D eigenvalue weighted by Gasteiger charge is 2.33. The van der Waals surface area contributed by atoms with Crippen molar-refractivity contribution in [3.05, 3.63) is 0 Å². The van der Waals surface area contributed by atoms with Gasteiger partial charge in [-0.2, -0.15) is 0 Å². The summed E-state index contributed by atoms with van der Waals surface area (Å²) in [5.74, 6) is 1.20. The molecule has 17 heavy (non-hydrogen) atoms. The molecule has 5 heteroatoms. The maximum absolute atomic E-state index is 11.5. The fourth-order valence-corrected chi connectivity index (χ4v) is 4.13. The van der Waals surface area contributed by atoms with Crippen LogP contribution in [0.3, 0.4) is 0 Å². The predicted molar refractivity (Wildman–Crippen MR) is 69.9 cm³/mol. The van der Waals surface area contributed by atoms with Gasteiger partial charge in [-0.1, -0.05) is 0 Å². The SMILES string of the molecule is COCC(CNC(C)(C)C)C1CCS(=O)(=O)C1. The highest BCUT2D eigenvalue weighted by Crippen LogP contribution is 2.26. The van der Waals surface area contributed by atoms with Gasteiger partial charge in [-0.25, -0.2) is 8.42 Å². The van der Waals surface area contributed by atoms with Crippen molar-refractivity contribution in [3.8, 4) is 0 Å². The van der Waals surface area contributed by atoms with Crippen molar-refractivity contribution < 1.29 is 13.2 Å². The first-order valence-electron chi connectivity index (χ1n) is 6.18. The third-order valence-electron chi connectivity index (χ3n) is 3.21. The molecule has 0 aliphatic carbocycles. The maximum atomic E-state index is 11.5. The molecule has 1 aliphatic rings. The van der Waals surface area contributed by atoms with Gasteiger partial charge in [0.15, 0.2) is 9.84 Å². The molecule has 102 valence electrons. The van der Waals surface area contributed by atoms with Crippen LogP contribution in [0, 0.1) is 11.8 Å². The third-order valence-corrected chi connectivity index (χ3v) is 5.00. The van der Waals surface area contributed by atoms with Crippen molar-refractivity contribution in [1.82, 2.24) is 5.32 Å². The van der Waals surface area contributed by atoms with Gasteiger partial charge in [-0.05, 0) is 39.0 Å². The molecule has 1 N–H and O–H groups in total. The van der Waals surface area contributed by atoms with E-state index in [1.165, 1.54) is 0 Å². The second-order valence-corrected chi connectivity index (χ2v) is 8.24. The molecule has 4 nitrogen and oxygen atoms in total. The number of hydrogen-bond acceptors (Lipinski definition) is 4. The molecule has 1 rings (SSSR count). The summed E-state index contributed by atoms with van der Waals surface area (Å²) in [7, 11) is -1.12. The smallest absolute Gasteiger partial charge is 0.150 e. The Labute approximate surface area is 105 Å². The minimum Gasteiger partial charge on any atom is -0.384 e. The molecule has 0 spiro atoms. The quantitative estimate of drug-likeness (QED) is 0.806. The molecule has 0 saturated carbocycles. The Bertz CT molecular complexity index is 332. The Morgan fingerprint density at radius 2 is 2.06 bits per heavy atom. The summed E-state index contributed by atoms with van der Waals surface area (Å²) in [6.07, 6.45) is 0.780. The van der Waals surface area contributed by atoms with Gasteiger partial charge in [0, 0.05) is 19.2 Å². The van der Waals surface area contributed by atoms with E-state index in [-0.39, 0.29) is 17.4 Å². The number of rotatable bonds is 5. The van der Waals surface area contributed by atoms with Crippen LogP contribution in [-0.2, 0) is 14.6 Å². The van der Waals surface area contributed by atoms with Crippen LogP contribution in [0.5, 0.6) is 0 Å². The molecule has 1 saturated heterocycles. The minimum absolute atomic E-state index is 0.0590. The number of sulfone groups is 1. The molecular formula is C12H25NO3S. The largest absolute Gasteiger partial charge is 0.384 e.